The molecule has 6 heteroatoms. The molecule has 1 saturated heterocycles. The van der Waals surface area contributed by atoms with E-state index in [9.17, 15) is 9.59 Å². The van der Waals surface area contributed by atoms with Gasteiger partial charge in [0.1, 0.15) is 5.41 Å². The summed E-state index contributed by atoms with van der Waals surface area (Å²) in [4.78, 5) is 29.5. The van der Waals surface area contributed by atoms with Gasteiger partial charge in [-0.25, -0.2) is 0 Å². The Bertz CT molecular complexity index is 593. The van der Waals surface area contributed by atoms with Crippen molar-refractivity contribution >= 4 is 17.5 Å². The molecule has 0 bridgehead atoms. The Morgan fingerprint density at radius 2 is 1.80 bits per heavy atom. The van der Waals surface area contributed by atoms with Crippen LogP contribution in [0.2, 0.25) is 0 Å². The second-order valence-electron chi connectivity index (χ2n) is 6.80. The first-order chi connectivity index (χ1) is 12.2. The lowest BCUT2D eigenvalue weighted by molar-refractivity contribution is -0.144. The van der Waals surface area contributed by atoms with Gasteiger partial charge in [0, 0.05) is 52.1 Å². The van der Waals surface area contributed by atoms with E-state index < -0.39 is 5.41 Å². The van der Waals surface area contributed by atoms with Gasteiger partial charge in [0.15, 0.2) is 0 Å². The molecule has 1 aromatic rings. The highest BCUT2D eigenvalue weighted by molar-refractivity contribution is 6.07. The van der Waals surface area contributed by atoms with Crippen molar-refractivity contribution in [2.45, 2.75) is 19.3 Å². The van der Waals surface area contributed by atoms with E-state index in [1.807, 2.05) is 23.1 Å². The molecule has 2 aliphatic rings. The van der Waals surface area contributed by atoms with E-state index >= 15 is 0 Å². The molecule has 1 aromatic carbocycles. The Hall–Kier alpha value is -2.08. The van der Waals surface area contributed by atoms with E-state index in [0.29, 0.717) is 39.1 Å². The molecule has 0 spiro atoms. The number of ether oxygens (including phenoxy) is 1. The van der Waals surface area contributed by atoms with Crippen LogP contribution in [0.1, 0.15) is 19.3 Å². The third-order valence-electron chi connectivity index (χ3n) is 5.09. The Morgan fingerprint density at radius 3 is 2.40 bits per heavy atom. The van der Waals surface area contributed by atoms with E-state index in [2.05, 4.69) is 22.3 Å². The second-order valence-corrected chi connectivity index (χ2v) is 6.80. The number of amides is 2. The van der Waals surface area contributed by atoms with Crippen molar-refractivity contribution in [3.63, 3.8) is 0 Å². The van der Waals surface area contributed by atoms with Gasteiger partial charge < -0.3 is 19.9 Å². The molecule has 25 heavy (non-hydrogen) atoms. The largest absolute Gasteiger partial charge is 0.385 e. The number of hydrogen-bond acceptors (Lipinski definition) is 4. The lowest BCUT2D eigenvalue weighted by Crippen LogP contribution is -2.53. The van der Waals surface area contributed by atoms with Crippen molar-refractivity contribution in [3.05, 3.63) is 30.3 Å². The molecule has 0 unspecified atom stereocenters. The zero-order valence-corrected chi connectivity index (χ0v) is 14.9. The molecule has 1 aliphatic carbocycles. The summed E-state index contributed by atoms with van der Waals surface area (Å²) in [5.41, 5.74) is 0.383. The summed E-state index contributed by atoms with van der Waals surface area (Å²) in [6.45, 7) is 4.13. The van der Waals surface area contributed by atoms with Gasteiger partial charge in [0.25, 0.3) is 0 Å². The number of piperazine rings is 1. The number of hydrogen-bond donors (Lipinski definition) is 1. The van der Waals surface area contributed by atoms with E-state index in [1.165, 1.54) is 5.69 Å². The first-order valence-electron chi connectivity index (χ1n) is 9.04. The monoisotopic (exact) mass is 345 g/mol. The van der Waals surface area contributed by atoms with Crippen LogP contribution in [0.25, 0.3) is 0 Å². The predicted molar refractivity (Wildman–Crippen MR) is 96.4 cm³/mol. The van der Waals surface area contributed by atoms with Crippen LogP contribution in [0.3, 0.4) is 0 Å². The Labute approximate surface area is 149 Å². The lowest BCUT2D eigenvalue weighted by Gasteiger charge is -2.37. The lowest BCUT2D eigenvalue weighted by atomic mass is 10.0. The van der Waals surface area contributed by atoms with Crippen LogP contribution < -0.4 is 10.2 Å². The molecule has 2 fully saturated rings. The minimum atomic E-state index is -0.804. The minimum Gasteiger partial charge on any atom is -0.385 e. The summed E-state index contributed by atoms with van der Waals surface area (Å²) in [7, 11) is 1.64. The fourth-order valence-corrected chi connectivity index (χ4v) is 3.36. The highest BCUT2D eigenvalue weighted by Crippen LogP contribution is 2.47. The molecule has 1 N–H and O–H groups in total. The standard InChI is InChI=1S/C19H27N3O3/c1-25-15-5-10-20-17(23)19(8-9-19)18(24)22-13-11-21(12-14-22)16-6-3-2-4-7-16/h2-4,6-7H,5,8-15H2,1H3,(H,20,23). The molecule has 0 atom stereocenters. The zero-order chi connectivity index (χ0) is 17.7. The number of benzene rings is 1. The first kappa shape index (κ1) is 17.7. The van der Waals surface area contributed by atoms with Gasteiger partial charge in [0.05, 0.1) is 0 Å². The zero-order valence-electron chi connectivity index (χ0n) is 14.9. The number of nitrogens with zero attached hydrogens (tertiary/aromatic N) is 2. The molecule has 1 heterocycles. The number of anilines is 1. The Kier molecular flexibility index (Phi) is 5.58. The fraction of sp³-hybridized carbons (Fsp3) is 0.579. The third kappa shape index (κ3) is 3.95. The summed E-state index contributed by atoms with van der Waals surface area (Å²) in [6, 6.07) is 10.2. The smallest absolute Gasteiger partial charge is 0.238 e. The van der Waals surface area contributed by atoms with E-state index in [4.69, 9.17) is 4.74 Å². The highest BCUT2D eigenvalue weighted by Gasteiger charge is 2.57. The van der Waals surface area contributed by atoms with Crippen LogP contribution >= 0.6 is 0 Å². The summed E-state index contributed by atoms with van der Waals surface area (Å²) in [5, 5.41) is 2.90. The van der Waals surface area contributed by atoms with Crippen LogP contribution in [-0.2, 0) is 14.3 Å². The maximum atomic E-state index is 12.9. The van der Waals surface area contributed by atoms with Crippen molar-refractivity contribution in [3.8, 4) is 0 Å². The maximum absolute atomic E-state index is 12.9. The van der Waals surface area contributed by atoms with Gasteiger partial charge in [-0.05, 0) is 31.4 Å². The second kappa shape index (κ2) is 7.87. The molecule has 6 nitrogen and oxygen atoms in total. The first-order valence-corrected chi connectivity index (χ1v) is 9.04. The number of rotatable bonds is 7. The van der Waals surface area contributed by atoms with E-state index in [-0.39, 0.29) is 11.8 Å². The Morgan fingerprint density at radius 1 is 1.12 bits per heavy atom. The van der Waals surface area contributed by atoms with E-state index in [0.717, 1.165) is 19.5 Å². The molecular weight excluding hydrogens is 318 g/mol. The van der Waals surface area contributed by atoms with Crippen molar-refractivity contribution in [1.29, 1.82) is 0 Å². The number of carbonyl (C=O) groups is 2. The van der Waals surface area contributed by atoms with Gasteiger partial charge in [-0.2, -0.15) is 0 Å². The average molecular weight is 345 g/mol. The van der Waals surface area contributed by atoms with Gasteiger partial charge >= 0.3 is 0 Å². The van der Waals surface area contributed by atoms with Gasteiger partial charge in [0.2, 0.25) is 11.8 Å². The van der Waals surface area contributed by atoms with E-state index in [1.54, 1.807) is 7.11 Å². The number of nitrogens with one attached hydrogen (secondary N) is 1. The highest BCUT2D eigenvalue weighted by atomic mass is 16.5. The number of carbonyl (C=O) groups excluding carboxylic acids is 2. The molecule has 136 valence electrons. The summed E-state index contributed by atoms with van der Waals surface area (Å²) in [5.74, 6) is -0.108. The van der Waals surface area contributed by atoms with Crippen molar-refractivity contribution < 1.29 is 14.3 Å². The molecule has 2 amide bonds. The minimum absolute atomic E-state index is 0.00412. The summed E-state index contributed by atoms with van der Waals surface area (Å²) < 4.78 is 4.98. The van der Waals surface area contributed by atoms with Crippen LogP contribution in [0.15, 0.2) is 30.3 Å². The van der Waals surface area contributed by atoms with Crippen molar-refractivity contribution in [1.82, 2.24) is 10.2 Å². The van der Waals surface area contributed by atoms with Gasteiger partial charge in [-0.15, -0.1) is 0 Å². The van der Waals surface area contributed by atoms with Crippen LogP contribution in [0.5, 0.6) is 0 Å². The normalized spacial score (nSPS) is 18.8. The molecule has 1 aliphatic heterocycles. The van der Waals surface area contributed by atoms with Crippen LogP contribution in [0.4, 0.5) is 5.69 Å². The van der Waals surface area contributed by atoms with Crippen LogP contribution in [0, 0.1) is 5.41 Å². The number of para-hydroxylation sites is 1. The van der Waals surface area contributed by atoms with Gasteiger partial charge in [-0.3, -0.25) is 9.59 Å². The average Bonchev–Trinajstić information content (AvgIpc) is 3.47. The quantitative estimate of drug-likeness (QED) is 0.597. The summed E-state index contributed by atoms with van der Waals surface area (Å²) in [6.07, 6.45) is 2.10. The van der Waals surface area contributed by atoms with Gasteiger partial charge in [-0.1, -0.05) is 18.2 Å². The topological polar surface area (TPSA) is 61.9 Å². The molecule has 3 rings (SSSR count). The Balaban J connectivity index is 1.51. The van der Waals surface area contributed by atoms with Crippen LogP contribution in [-0.4, -0.2) is 63.2 Å². The molecule has 0 radical (unpaired) electrons. The van der Waals surface area contributed by atoms with Crippen molar-refractivity contribution in [2.24, 2.45) is 5.41 Å². The summed E-state index contributed by atoms with van der Waals surface area (Å²) >= 11 is 0. The van der Waals surface area contributed by atoms with Crippen molar-refractivity contribution in [2.75, 3.05) is 51.3 Å². The molecular formula is C19H27N3O3. The predicted octanol–water partition coefficient (Wildman–Crippen LogP) is 1.27. The SMILES string of the molecule is COCCCNC(=O)C1(C(=O)N2CCN(c3ccccc3)CC2)CC1. The molecule has 1 saturated carbocycles. The number of methoxy groups -OCH3 is 1. The fourth-order valence-electron chi connectivity index (χ4n) is 3.36. The maximum Gasteiger partial charge on any atom is 0.238 e. The third-order valence-corrected chi connectivity index (χ3v) is 5.09. The molecule has 0 aromatic heterocycles.